The Hall–Kier alpha value is -4.28. The van der Waals surface area contributed by atoms with Crippen LogP contribution in [0, 0.1) is 13.8 Å². The van der Waals surface area contributed by atoms with Crippen LogP contribution in [0.25, 0.3) is 5.76 Å². The van der Waals surface area contributed by atoms with E-state index in [1.54, 1.807) is 49.4 Å². The lowest BCUT2D eigenvalue weighted by Crippen LogP contribution is -2.29. The summed E-state index contributed by atoms with van der Waals surface area (Å²) in [4.78, 5) is 45.0. The Labute approximate surface area is 249 Å². The summed E-state index contributed by atoms with van der Waals surface area (Å²) < 4.78 is 11.5. The van der Waals surface area contributed by atoms with Crippen LogP contribution in [-0.4, -0.2) is 34.9 Å². The molecule has 1 aliphatic rings. The topological polar surface area (TPSA) is 106 Å². The molecule has 208 valence electrons. The number of aliphatic hydroxyl groups excluding tert-OH is 1. The van der Waals surface area contributed by atoms with E-state index in [1.165, 1.54) is 12.0 Å². The van der Waals surface area contributed by atoms with Gasteiger partial charge in [-0.25, -0.2) is 9.78 Å². The van der Waals surface area contributed by atoms with Gasteiger partial charge in [0, 0.05) is 10.0 Å². The molecule has 4 aromatic rings. The molecule has 1 aliphatic heterocycles. The first-order valence-electron chi connectivity index (χ1n) is 12.6. The van der Waals surface area contributed by atoms with E-state index >= 15 is 0 Å². The standard InChI is InChI=1S/C31H25BrN2O6S/c1-17-6-4-7-19(14-17)16-40-23-12-10-20(11-13-23)26(35)24-25(21-8-5-9-22(32)15-21)34(29(37)27(24)36)31-33-18(2)28(41-31)30(38)39-3/h4-15,25,35H,16H2,1-3H3. The Balaban J connectivity index is 1.53. The number of Topliss-reactive ketones (excluding diaryl/α,β-unsaturated/α-hetero) is 1. The molecule has 5 rings (SSSR count). The molecule has 1 atom stereocenters. The molecule has 1 aromatic heterocycles. The molecule has 1 N–H and O–H groups in total. The Morgan fingerprint density at radius 2 is 1.78 bits per heavy atom. The number of anilines is 1. The minimum atomic E-state index is -0.985. The number of esters is 1. The van der Waals surface area contributed by atoms with Crippen LogP contribution in [0.2, 0.25) is 0 Å². The molecular weight excluding hydrogens is 608 g/mol. The molecule has 2 heterocycles. The number of ketones is 1. The lowest BCUT2D eigenvalue weighted by molar-refractivity contribution is -0.132. The first-order valence-corrected chi connectivity index (χ1v) is 14.2. The fraction of sp³-hybridized carbons (Fsp3) is 0.161. The first kappa shape index (κ1) is 28.3. The summed E-state index contributed by atoms with van der Waals surface area (Å²) in [5.74, 6) is -2.06. The van der Waals surface area contributed by atoms with Crippen molar-refractivity contribution in [1.82, 2.24) is 4.98 Å². The third kappa shape index (κ3) is 5.66. The van der Waals surface area contributed by atoms with E-state index in [1.807, 2.05) is 37.3 Å². The highest BCUT2D eigenvalue weighted by Gasteiger charge is 2.48. The largest absolute Gasteiger partial charge is 0.507 e. The smallest absolute Gasteiger partial charge is 0.350 e. The van der Waals surface area contributed by atoms with Crippen LogP contribution >= 0.6 is 27.3 Å². The number of aryl methyl sites for hydroxylation is 2. The SMILES string of the molecule is COC(=O)c1sc(N2C(=O)C(=O)C(=C(O)c3ccc(OCc4cccc(C)c4)cc3)C2c2cccc(Br)c2)nc1C. The number of halogens is 1. The predicted octanol–water partition coefficient (Wildman–Crippen LogP) is 6.51. The van der Waals surface area contributed by atoms with Crippen molar-refractivity contribution in [3.05, 3.63) is 116 Å². The van der Waals surface area contributed by atoms with Gasteiger partial charge in [0.05, 0.1) is 24.4 Å². The van der Waals surface area contributed by atoms with Crippen molar-refractivity contribution < 1.29 is 29.0 Å². The van der Waals surface area contributed by atoms with Crippen molar-refractivity contribution in [3.63, 3.8) is 0 Å². The summed E-state index contributed by atoms with van der Waals surface area (Å²) in [5.41, 5.74) is 3.36. The normalized spacial score (nSPS) is 16.2. The highest BCUT2D eigenvalue weighted by atomic mass is 79.9. The van der Waals surface area contributed by atoms with Gasteiger partial charge in [0.25, 0.3) is 5.78 Å². The number of rotatable bonds is 7. The second-order valence-electron chi connectivity index (χ2n) is 9.43. The van der Waals surface area contributed by atoms with Gasteiger partial charge in [-0.3, -0.25) is 14.5 Å². The molecule has 1 amide bonds. The number of carbonyl (C=O) groups excluding carboxylic acids is 3. The van der Waals surface area contributed by atoms with Gasteiger partial charge in [0.2, 0.25) is 0 Å². The van der Waals surface area contributed by atoms with E-state index in [9.17, 15) is 19.5 Å². The van der Waals surface area contributed by atoms with E-state index in [0.717, 1.165) is 26.9 Å². The van der Waals surface area contributed by atoms with Crippen LogP contribution in [0.1, 0.15) is 43.7 Å². The molecule has 0 radical (unpaired) electrons. The zero-order valence-electron chi connectivity index (χ0n) is 22.4. The third-order valence-corrected chi connectivity index (χ3v) is 8.22. The predicted molar refractivity (Wildman–Crippen MR) is 159 cm³/mol. The van der Waals surface area contributed by atoms with Crippen LogP contribution in [0.15, 0.2) is 82.8 Å². The summed E-state index contributed by atoms with van der Waals surface area (Å²) in [6, 6.07) is 20.8. The fourth-order valence-corrected chi connectivity index (χ4v) is 6.05. The lowest BCUT2D eigenvalue weighted by Gasteiger charge is -2.23. The molecule has 41 heavy (non-hydrogen) atoms. The van der Waals surface area contributed by atoms with Crippen molar-refractivity contribution in [3.8, 4) is 5.75 Å². The zero-order valence-corrected chi connectivity index (χ0v) is 24.8. The average molecular weight is 634 g/mol. The van der Waals surface area contributed by atoms with Gasteiger partial charge in [-0.05, 0) is 61.4 Å². The van der Waals surface area contributed by atoms with Gasteiger partial charge in [-0.1, -0.05) is 69.2 Å². The minimum absolute atomic E-state index is 0.0889. The maximum absolute atomic E-state index is 13.4. The van der Waals surface area contributed by atoms with Crippen molar-refractivity contribution in [2.24, 2.45) is 0 Å². The van der Waals surface area contributed by atoms with Crippen LogP contribution < -0.4 is 9.64 Å². The Kier molecular flexibility index (Phi) is 8.05. The number of nitrogens with zero attached hydrogens (tertiary/aromatic N) is 2. The zero-order chi connectivity index (χ0) is 29.3. The summed E-state index contributed by atoms with van der Waals surface area (Å²) in [5, 5.41) is 11.6. The molecule has 1 saturated heterocycles. The van der Waals surface area contributed by atoms with Gasteiger partial charge in [0.15, 0.2) is 5.13 Å². The third-order valence-electron chi connectivity index (χ3n) is 6.59. The van der Waals surface area contributed by atoms with Crippen molar-refractivity contribution >= 4 is 55.8 Å². The molecule has 8 nitrogen and oxygen atoms in total. The number of aromatic nitrogens is 1. The second kappa shape index (κ2) is 11.7. The van der Waals surface area contributed by atoms with Crippen LogP contribution in [-0.2, 0) is 20.9 Å². The van der Waals surface area contributed by atoms with Gasteiger partial charge in [0.1, 0.15) is 23.0 Å². The Morgan fingerprint density at radius 3 is 2.46 bits per heavy atom. The summed E-state index contributed by atoms with van der Waals surface area (Å²) in [7, 11) is 1.26. The molecule has 10 heteroatoms. The van der Waals surface area contributed by atoms with E-state index in [0.29, 0.717) is 29.2 Å². The van der Waals surface area contributed by atoms with E-state index in [2.05, 4.69) is 20.9 Å². The van der Waals surface area contributed by atoms with E-state index in [-0.39, 0.29) is 21.3 Å². The Morgan fingerprint density at radius 1 is 1.05 bits per heavy atom. The minimum Gasteiger partial charge on any atom is -0.507 e. The van der Waals surface area contributed by atoms with Crippen molar-refractivity contribution in [2.75, 3.05) is 12.0 Å². The average Bonchev–Trinajstić information content (AvgIpc) is 3.47. The van der Waals surface area contributed by atoms with Crippen molar-refractivity contribution in [2.45, 2.75) is 26.5 Å². The van der Waals surface area contributed by atoms with Crippen LogP contribution in [0.5, 0.6) is 5.75 Å². The van der Waals surface area contributed by atoms with Crippen LogP contribution in [0.4, 0.5) is 5.13 Å². The molecule has 3 aromatic carbocycles. The number of ether oxygens (including phenoxy) is 2. The molecule has 1 fully saturated rings. The molecule has 0 saturated carbocycles. The fourth-order valence-electron chi connectivity index (χ4n) is 4.62. The quantitative estimate of drug-likeness (QED) is 0.107. The van der Waals surface area contributed by atoms with Gasteiger partial charge in [-0.15, -0.1) is 0 Å². The summed E-state index contributed by atoms with van der Waals surface area (Å²) in [6.07, 6.45) is 0. The maximum atomic E-state index is 13.4. The number of benzene rings is 3. The molecule has 0 spiro atoms. The van der Waals surface area contributed by atoms with Gasteiger partial charge in [-0.2, -0.15) is 0 Å². The molecule has 0 aliphatic carbocycles. The Bertz CT molecular complexity index is 1690. The van der Waals surface area contributed by atoms with Crippen LogP contribution in [0.3, 0.4) is 0 Å². The second-order valence-corrected chi connectivity index (χ2v) is 11.3. The molecule has 1 unspecified atom stereocenters. The summed E-state index contributed by atoms with van der Waals surface area (Å²) in [6.45, 7) is 4.02. The molecular formula is C31H25BrN2O6S. The number of hydrogen-bond acceptors (Lipinski definition) is 8. The lowest BCUT2D eigenvalue weighted by atomic mass is 9.95. The number of amides is 1. The molecule has 0 bridgehead atoms. The monoisotopic (exact) mass is 632 g/mol. The number of hydrogen-bond donors (Lipinski definition) is 1. The number of aliphatic hydroxyl groups is 1. The highest BCUT2D eigenvalue weighted by Crippen LogP contribution is 2.44. The van der Waals surface area contributed by atoms with Gasteiger partial charge < -0.3 is 14.6 Å². The van der Waals surface area contributed by atoms with Gasteiger partial charge >= 0.3 is 11.9 Å². The number of methoxy groups -OCH3 is 1. The van der Waals surface area contributed by atoms with Crippen molar-refractivity contribution in [1.29, 1.82) is 0 Å². The van der Waals surface area contributed by atoms with E-state index < -0.39 is 23.7 Å². The highest BCUT2D eigenvalue weighted by molar-refractivity contribution is 9.10. The maximum Gasteiger partial charge on any atom is 0.350 e. The first-order chi connectivity index (χ1) is 19.7. The number of carbonyl (C=O) groups is 3. The number of thiazole rings is 1. The summed E-state index contributed by atoms with van der Waals surface area (Å²) >= 11 is 4.40. The van der Waals surface area contributed by atoms with E-state index in [4.69, 9.17) is 9.47 Å².